The average Bonchev–Trinajstić information content (AvgIpc) is 1.78. The Hall–Kier alpha value is -4.36. The molecule has 3 aromatic rings. The number of anilines is 1. The molecule has 1 aromatic heterocycles. The lowest BCUT2D eigenvalue weighted by Gasteiger charge is -2.25. The Balaban J connectivity index is 0.896. The SMILES string of the molecule is C=CCOC1CC(n2cc(C#CCNC(=O)CCSSCCNC(=O)CCCCC[N+]3=C(C=CC=C4N(CC)c5ccc(S(=O)(=O)O)cc5C4(C)C)C(C)(C)c4cc(S(=O)(=O)O)ccc43)c(=O)[nH]c2=O)OC1COOOOOOOOOOP(P)P. The summed E-state index contributed by atoms with van der Waals surface area (Å²) in [5, 5.41) is 37.8. The number of rotatable bonds is 35. The van der Waals surface area contributed by atoms with Gasteiger partial charge in [0.25, 0.3) is 25.8 Å². The molecule has 6 rings (SSSR count). The number of hydrogen-bond donors (Lipinski definition) is 5. The Morgan fingerprint density at radius 3 is 2.24 bits per heavy atom. The second kappa shape index (κ2) is 33.5. The smallest absolute Gasteiger partial charge is 0.330 e. The van der Waals surface area contributed by atoms with Gasteiger partial charge >= 0.3 is 5.69 Å². The lowest BCUT2D eigenvalue weighted by atomic mass is 9.81. The van der Waals surface area contributed by atoms with Crippen LogP contribution < -0.4 is 26.8 Å². The van der Waals surface area contributed by atoms with Gasteiger partial charge in [0.1, 0.15) is 38.6 Å². The molecule has 5 N–H and O–H groups in total. The van der Waals surface area contributed by atoms with Gasteiger partial charge in [0.2, 0.25) is 17.5 Å². The number of nitrogens with zero attached hydrogens (tertiary/aromatic N) is 3. The van der Waals surface area contributed by atoms with Crippen molar-refractivity contribution in [2.45, 2.75) is 112 Å². The molecule has 3 aliphatic heterocycles. The Labute approximate surface area is 509 Å². The maximum absolute atomic E-state index is 12.8. The van der Waals surface area contributed by atoms with Crippen molar-refractivity contribution in [2.24, 2.45) is 0 Å². The molecular weight excluding hydrogens is 1270 g/mol. The van der Waals surface area contributed by atoms with Gasteiger partial charge in [-0.1, -0.05) is 77.3 Å². The van der Waals surface area contributed by atoms with Crippen molar-refractivity contribution in [2.75, 3.05) is 55.8 Å². The average molecular weight is 1340 g/mol. The first-order valence-electron chi connectivity index (χ1n) is 26.4. The number of nitrogens with one attached hydrogen (secondary N) is 3. The Morgan fingerprint density at radius 2 is 1.56 bits per heavy atom. The molecule has 86 heavy (non-hydrogen) atoms. The molecule has 472 valence electrons. The van der Waals surface area contributed by atoms with Crippen LogP contribution in [-0.2, 0) is 100.0 Å². The molecule has 4 heterocycles. The van der Waals surface area contributed by atoms with Crippen molar-refractivity contribution in [3.8, 4) is 11.8 Å². The van der Waals surface area contributed by atoms with Crippen LogP contribution >= 0.6 is 47.0 Å². The van der Waals surface area contributed by atoms with E-state index in [1.807, 2.05) is 52.8 Å². The Bertz CT molecular complexity index is 3390. The highest BCUT2D eigenvalue weighted by atomic mass is 33.1. The number of likely N-dealkylation sites (N-methyl/N-ethyl adjacent to an activating group) is 1. The number of fused-ring (bicyclic) bond motifs is 2. The summed E-state index contributed by atoms with van der Waals surface area (Å²) in [7, 11) is -2.43. The van der Waals surface area contributed by atoms with E-state index in [0.29, 0.717) is 50.4 Å². The summed E-state index contributed by atoms with van der Waals surface area (Å²) >= 11 is 0. The normalized spacial score (nSPS) is 18.4. The molecule has 0 radical (unpaired) electrons. The number of carbonyl (C=O) groups excluding carboxylic acids is 2. The third-order valence-electron chi connectivity index (χ3n) is 13.5. The Kier molecular flexibility index (Phi) is 27.5. The number of amides is 2. The van der Waals surface area contributed by atoms with Crippen molar-refractivity contribution in [1.29, 1.82) is 0 Å². The van der Waals surface area contributed by atoms with E-state index in [-0.39, 0.29) is 59.8 Å². The minimum atomic E-state index is -4.48. The number of carbonyl (C=O) groups is 2. The molecule has 0 spiro atoms. The van der Waals surface area contributed by atoms with E-state index < -0.39 is 68.3 Å². The van der Waals surface area contributed by atoms with Crippen LogP contribution in [0.5, 0.6) is 0 Å². The zero-order chi connectivity index (χ0) is 62.7. The summed E-state index contributed by atoms with van der Waals surface area (Å²) in [5.41, 5.74) is 2.03. The molecule has 35 heteroatoms. The molecule has 5 unspecified atom stereocenters. The van der Waals surface area contributed by atoms with E-state index >= 15 is 0 Å². The van der Waals surface area contributed by atoms with Crippen molar-refractivity contribution in [3.63, 3.8) is 0 Å². The van der Waals surface area contributed by atoms with Gasteiger partial charge in [0.15, 0.2) is 5.71 Å². The topological polar surface area (TPSA) is 339 Å². The summed E-state index contributed by atoms with van der Waals surface area (Å²) in [4.78, 5) is 59.6. The third kappa shape index (κ3) is 20.1. The predicted molar refractivity (Wildman–Crippen MR) is 321 cm³/mol. The highest BCUT2D eigenvalue weighted by molar-refractivity contribution is 8.76. The maximum atomic E-state index is 12.8. The minimum absolute atomic E-state index is 0.0662. The zero-order valence-corrected chi connectivity index (χ0v) is 53.8. The summed E-state index contributed by atoms with van der Waals surface area (Å²) in [6, 6.07) is 9.17. The van der Waals surface area contributed by atoms with Crippen LogP contribution in [0.25, 0.3) is 0 Å². The van der Waals surface area contributed by atoms with Gasteiger partial charge in [-0.3, -0.25) is 33.0 Å². The fourth-order valence-corrected chi connectivity index (χ4v) is 12.7. The van der Waals surface area contributed by atoms with E-state index in [2.05, 4.69) is 106 Å². The Morgan fingerprint density at radius 1 is 0.895 bits per heavy atom. The molecule has 5 atom stereocenters. The standard InChI is InChI=1S/C51H67N6O22P3S4/c1-7-26-68-41-31-47(70-42(41)33-69-71-72-73-74-75-76-77-78-79-82(80)81)57-32-34(48(60)54-49(57)61)14-13-23-52-46(59)22-27-83-84-28-24-53-45(58)17-10-9-11-25-56-40-21-19-36(86(65,66)67)30-38(40)51(5,6)44(56)16-12-15-43-50(3,4)37-29-35(85(62,63)64)18-20-39(37)55(43)8-2/h7,12,15-16,18-21,29-30,32,41-42,47H,1,8-11,17,22-28,31,33,80-81H2,2-6H3,(H4-,52,53,54,58,59,60,61,62,63,64,65,66,67)/p+1. The first-order chi connectivity index (χ1) is 40.9. The van der Waals surface area contributed by atoms with Crippen LogP contribution in [0.1, 0.15) is 96.1 Å². The van der Waals surface area contributed by atoms with Crippen molar-refractivity contribution in [1.82, 2.24) is 20.2 Å². The lowest BCUT2D eigenvalue weighted by molar-refractivity contribution is -0.841. The highest BCUT2D eigenvalue weighted by Crippen LogP contribution is 2.53. The number of allylic oxidation sites excluding steroid dienone is 4. The van der Waals surface area contributed by atoms with E-state index in [4.69, 9.17) is 14.4 Å². The quantitative estimate of drug-likeness (QED) is 0.00482. The van der Waals surface area contributed by atoms with Crippen LogP contribution in [0.2, 0.25) is 0 Å². The number of unbranched alkanes of at least 4 members (excludes halogenated alkanes) is 2. The van der Waals surface area contributed by atoms with Crippen LogP contribution in [-0.4, -0.2) is 121 Å². The molecule has 1 fully saturated rings. The van der Waals surface area contributed by atoms with Crippen LogP contribution in [0.4, 0.5) is 11.4 Å². The van der Waals surface area contributed by atoms with Crippen LogP contribution in [0, 0.1) is 11.8 Å². The van der Waals surface area contributed by atoms with Gasteiger partial charge in [-0.05, 0) is 116 Å². The fraction of sp³-hybridized carbons (Fsp3) is 0.471. The van der Waals surface area contributed by atoms with Gasteiger partial charge in [-0.2, -0.15) is 26.1 Å². The number of H-pyrrole nitrogens is 1. The summed E-state index contributed by atoms with van der Waals surface area (Å²) in [6.07, 6.45) is 8.93. The van der Waals surface area contributed by atoms with Gasteiger partial charge in [-0.25, -0.2) is 9.68 Å². The molecule has 2 amide bonds. The van der Waals surface area contributed by atoms with E-state index in [1.165, 1.54) is 58.1 Å². The molecule has 0 saturated carbocycles. The molecule has 3 aliphatic rings. The summed E-state index contributed by atoms with van der Waals surface area (Å²) in [5.74, 6) is 6.13. The van der Waals surface area contributed by atoms with E-state index in [1.54, 1.807) is 12.1 Å². The van der Waals surface area contributed by atoms with E-state index in [9.17, 15) is 45.1 Å². The number of benzene rings is 2. The van der Waals surface area contributed by atoms with Gasteiger partial charge < -0.3 is 25.0 Å². The van der Waals surface area contributed by atoms with E-state index in [0.717, 1.165) is 44.9 Å². The zero-order valence-electron chi connectivity index (χ0n) is 47.3. The second-order valence-electron chi connectivity index (χ2n) is 19.9. The molecular formula is C51H68N6O22P3S4+. The van der Waals surface area contributed by atoms with Crippen LogP contribution in [0.3, 0.4) is 0 Å². The molecule has 0 bridgehead atoms. The highest BCUT2D eigenvalue weighted by Gasteiger charge is 2.45. The number of aromatic nitrogens is 2. The van der Waals surface area contributed by atoms with Crippen LogP contribution in [0.15, 0.2) is 98.6 Å². The maximum Gasteiger partial charge on any atom is 0.330 e. The molecule has 28 nitrogen and oxygen atoms in total. The van der Waals surface area contributed by atoms with Crippen molar-refractivity contribution in [3.05, 3.63) is 117 Å². The first-order valence-corrected chi connectivity index (χ1v) is 36.2. The van der Waals surface area contributed by atoms with Crippen molar-refractivity contribution < 1.29 is 99.4 Å². The summed E-state index contributed by atoms with van der Waals surface area (Å²) in [6.45, 7) is 14.9. The molecule has 2 aromatic carbocycles. The summed E-state index contributed by atoms with van der Waals surface area (Å²) < 4.78 is 87.7. The largest absolute Gasteiger partial charge is 0.371 e. The fourth-order valence-electron chi connectivity index (χ4n) is 9.52. The van der Waals surface area contributed by atoms with Gasteiger partial charge in [0, 0.05) is 91.0 Å². The van der Waals surface area contributed by atoms with Crippen molar-refractivity contribution >= 4 is 96.1 Å². The lowest BCUT2D eigenvalue weighted by Crippen LogP contribution is -2.34. The number of ether oxygens (including phenoxy) is 2. The number of aromatic amines is 1. The minimum Gasteiger partial charge on any atom is -0.371 e. The monoisotopic (exact) mass is 1340 g/mol. The second-order valence-corrected chi connectivity index (χ2v) is 31.1. The number of hydrogen-bond acceptors (Lipinski definition) is 23. The third-order valence-corrected chi connectivity index (χ3v) is 18.4. The molecule has 1 saturated heterocycles. The first kappa shape index (κ1) is 70.7. The molecule has 0 aliphatic carbocycles. The van der Waals surface area contributed by atoms with Gasteiger partial charge in [-0.15, -0.1) is 6.58 Å². The van der Waals surface area contributed by atoms with Gasteiger partial charge in [0.05, 0.1) is 34.5 Å². The predicted octanol–water partition coefficient (Wildman–Crippen LogP) is 6.52.